The van der Waals surface area contributed by atoms with Gasteiger partial charge < -0.3 is 14.8 Å². The van der Waals surface area contributed by atoms with Gasteiger partial charge in [0.25, 0.3) is 0 Å². The molecule has 1 heterocycles. The van der Waals surface area contributed by atoms with Gasteiger partial charge in [0.2, 0.25) is 6.10 Å². The van der Waals surface area contributed by atoms with Crippen molar-refractivity contribution in [2.45, 2.75) is 18.6 Å². The Hall–Kier alpha value is -2.04. The molecular formula is C12H13NO4. The Balaban J connectivity index is 2.08. The molecule has 1 saturated heterocycles. The van der Waals surface area contributed by atoms with Gasteiger partial charge in [-0.1, -0.05) is 30.3 Å². The summed E-state index contributed by atoms with van der Waals surface area (Å²) in [7, 11) is 1.27. The molecule has 1 aromatic carbocycles. The molecule has 0 aromatic heterocycles. The maximum atomic E-state index is 11.4. The fourth-order valence-corrected chi connectivity index (χ4v) is 1.81. The Labute approximate surface area is 98.7 Å². The second-order valence-electron chi connectivity index (χ2n) is 3.79. The molecule has 2 rings (SSSR count). The molecule has 17 heavy (non-hydrogen) atoms. The summed E-state index contributed by atoms with van der Waals surface area (Å²) in [6.07, 6.45) is -0.916. The Morgan fingerprint density at radius 1 is 1.41 bits per heavy atom. The summed E-state index contributed by atoms with van der Waals surface area (Å²) in [6.45, 7) is 0. The van der Waals surface area contributed by atoms with Crippen molar-refractivity contribution in [2.24, 2.45) is 0 Å². The monoisotopic (exact) mass is 235 g/mol. The minimum absolute atomic E-state index is 0.377. The van der Waals surface area contributed by atoms with Crippen LogP contribution in [0.5, 0.6) is 0 Å². The summed E-state index contributed by atoms with van der Waals surface area (Å²) in [5.74, 6) is -0.538. The highest BCUT2D eigenvalue weighted by atomic mass is 16.6. The maximum absolute atomic E-state index is 11.4. The number of hydrogen-bond acceptors (Lipinski definition) is 4. The van der Waals surface area contributed by atoms with Gasteiger partial charge in [-0.05, 0) is 12.0 Å². The lowest BCUT2D eigenvalue weighted by atomic mass is 10.0. The van der Waals surface area contributed by atoms with E-state index in [1.54, 1.807) is 0 Å². The van der Waals surface area contributed by atoms with Gasteiger partial charge in [0.05, 0.1) is 13.2 Å². The normalized spacial score (nSPS) is 22.8. The number of alkyl carbamates (subject to hydrolysis) is 1. The number of rotatable bonds is 3. The first-order chi connectivity index (χ1) is 8.20. The first kappa shape index (κ1) is 11.4. The lowest BCUT2D eigenvalue weighted by molar-refractivity contribution is -0.149. The average molecular weight is 235 g/mol. The van der Waals surface area contributed by atoms with E-state index in [4.69, 9.17) is 4.74 Å². The summed E-state index contributed by atoms with van der Waals surface area (Å²) in [5.41, 5.74) is 1.03. The van der Waals surface area contributed by atoms with Gasteiger partial charge in [-0.2, -0.15) is 0 Å². The number of carbonyl (C=O) groups is 2. The molecule has 0 saturated carbocycles. The maximum Gasteiger partial charge on any atom is 0.408 e. The van der Waals surface area contributed by atoms with Crippen molar-refractivity contribution in [3.05, 3.63) is 35.9 Å². The standard InChI is InChI=1S/C12H13NO4/c1-16-11(14)10-9(13-12(15)17-10)7-8-5-3-2-4-6-8/h2-6,9-10H,7H2,1H3,(H,13,15)/t9-,10+/m1/s1. The van der Waals surface area contributed by atoms with Gasteiger partial charge in [0.1, 0.15) is 0 Å². The van der Waals surface area contributed by atoms with Crippen LogP contribution in [0.15, 0.2) is 30.3 Å². The molecule has 0 spiro atoms. The van der Waals surface area contributed by atoms with Crippen LogP contribution in [0.3, 0.4) is 0 Å². The van der Waals surface area contributed by atoms with E-state index in [0.717, 1.165) is 5.56 Å². The van der Waals surface area contributed by atoms with E-state index in [9.17, 15) is 9.59 Å². The van der Waals surface area contributed by atoms with E-state index in [1.165, 1.54) is 7.11 Å². The predicted molar refractivity (Wildman–Crippen MR) is 59.4 cm³/mol. The number of nitrogens with one attached hydrogen (secondary N) is 1. The molecular weight excluding hydrogens is 222 g/mol. The van der Waals surface area contributed by atoms with Crippen LogP contribution < -0.4 is 5.32 Å². The van der Waals surface area contributed by atoms with Crippen molar-refractivity contribution in [3.8, 4) is 0 Å². The quantitative estimate of drug-likeness (QED) is 0.790. The molecule has 0 radical (unpaired) electrons. The molecule has 90 valence electrons. The SMILES string of the molecule is COC(=O)[C@H]1OC(=O)N[C@@H]1Cc1ccccc1. The number of ether oxygens (including phenoxy) is 2. The molecule has 1 aliphatic rings. The molecule has 1 aromatic rings. The third-order valence-electron chi connectivity index (χ3n) is 2.63. The zero-order valence-electron chi connectivity index (χ0n) is 9.38. The average Bonchev–Trinajstić information content (AvgIpc) is 2.70. The number of amides is 1. The minimum Gasteiger partial charge on any atom is -0.466 e. The summed E-state index contributed by atoms with van der Waals surface area (Å²) in [6, 6.07) is 9.19. The smallest absolute Gasteiger partial charge is 0.408 e. The molecule has 0 unspecified atom stereocenters. The predicted octanol–water partition coefficient (Wildman–Crippen LogP) is 0.879. The van der Waals surface area contributed by atoms with E-state index in [-0.39, 0.29) is 6.04 Å². The highest BCUT2D eigenvalue weighted by Crippen LogP contribution is 2.15. The molecule has 1 aliphatic heterocycles. The van der Waals surface area contributed by atoms with E-state index in [0.29, 0.717) is 6.42 Å². The molecule has 0 bridgehead atoms. The lowest BCUT2D eigenvalue weighted by Gasteiger charge is -2.14. The first-order valence-corrected chi connectivity index (χ1v) is 5.29. The van der Waals surface area contributed by atoms with Crippen molar-refractivity contribution in [1.29, 1.82) is 0 Å². The minimum atomic E-state index is -0.868. The Kier molecular flexibility index (Phi) is 3.27. The zero-order chi connectivity index (χ0) is 12.3. The highest BCUT2D eigenvalue weighted by molar-refractivity contribution is 5.83. The topological polar surface area (TPSA) is 64.6 Å². The van der Waals surface area contributed by atoms with Crippen LogP contribution in [0, 0.1) is 0 Å². The van der Waals surface area contributed by atoms with Crippen LogP contribution in [0.1, 0.15) is 5.56 Å². The molecule has 1 amide bonds. The van der Waals surface area contributed by atoms with E-state index in [1.807, 2.05) is 30.3 Å². The van der Waals surface area contributed by atoms with Gasteiger partial charge in [-0.15, -0.1) is 0 Å². The van der Waals surface area contributed by atoms with Gasteiger partial charge in [0, 0.05) is 0 Å². The van der Waals surface area contributed by atoms with Crippen LogP contribution in [0.25, 0.3) is 0 Å². The molecule has 5 heteroatoms. The highest BCUT2D eigenvalue weighted by Gasteiger charge is 2.40. The number of cyclic esters (lactones) is 1. The van der Waals surface area contributed by atoms with Gasteiger partial charge >= 0.3 is 12.1 Å². The first-order valence-electron chi connectivity index (χ1n) is 5.29. The van der Waals surface area contributed by atoms with Crippen molar-refractivity contribution in [1.82, 2.24) is 5.32 Å². The Bertz CT molecular complexity index is 418. The largest absolute Gasteiger partial charge is 0.466 e. The van der Waals surface area contributed by atoms with E-state index < -0.39 is 18.2 Å². The second kappa shape index (κ2) is 4.86. The molecule has 2 atom stereocenters. The second-order valence-corrected chi connectivity index (χ2v) is 3.79. The fraction of sp³-hybridized carbons (Fsp3) is 0.333. The number of hydrogen-bond donors (Lipinski definition) is 1. The molecule has 0 aliphatic carbocycles. The molecule has 1 N–H and O–H groups in total. The third kappa shape index (κ3) is 2.55. The summed E-state index contributed by atoms with van der Waals surface area (Å²) < 4.78 is 9.47. The third-order valence-corrected chi connectivity index (χ3v) is 2.63. The van der Waals surface area contributed by atoms with E-state index in [2.05, 4.69) is 10.1 Å². The number of benzene rings is 1. The zero-order valence-corrected chi connectivity index (χ0v) is 9.38. The van der Waals surface area contributed by atoms with Crippen molar-refractivity contribution >= 4 is 12.1 Å². The summed E-state index contributed by atoms with van der Waals surface area (Å²) >= 11 is 0. The van der Waals surface area contributed by atoms with Crippen LogP contribution in [-0.2, 0) is 20.7 Å². The fourth-order valence-electron chi connectivity index (χ4n) is 1.81. The number of esters is 1. The van der Waals surface area contributed by atoms with Crippen molar-refractivity contribution < 1.29 is 19.1 Å². The Morgan fingerprint density at radius 2 is 2.12 bits per heavy atom. The lowest BCUT2D eigenvalue weighted by Crippen LogP contribution is -2.38. The van der Waals surface area contributed by atoms with Crippen LogP contribution in [0.4, 0.5) is 4.79 Å². The van der Waals surface area contributed by atoms with Crippen LogP contribution >= 0.6 is 0 Å². The van der Waals surface area contributed by atoms with Crippen LogP contribution in [-0.4, -0.2) is 31.3 Å². The Morgan fingerprint density at radius 3 is 2.76 bits per heavy atom. The molecule has 5 nitrogen and oxygen atoms in total. The van der Waals surface area contributed by atoms with Crippen molar-refractivity contribution in [2.75, 3.05) is 7.11 Å². The number of carbonyl (C=O) groups excluding carboxylic acids is 2. The van der Waals surface area contributed by atoms with Gasteiger partial charge in [0.15, 0.2) is 0 Å². The summed E-state index contributed by atoms with van der Waals surface area (Å²) in [4.78, 5) is 22.6. The number of methoxy groups -OCH3 is 1. The van der Waals surface area contributed by atoms with Gasteiger partial charge in [-0.25, -0.2) is 9.59 Å². The van der Waals surface area contributed by atoms with Crippen molar-refractivity contribution in [3.63, 3.8) is 0 Å². The van der Waals surface area contributed by atoms with Crippen LogP contribution in [0.2, 0.25) is 0 Å². The van der Waals surface area contributed by atoms with E-state index >= 15 is 0 Å². The van der Waals surface area contributed by atoms with Gasteiger partial charge in [-0.3, -0.25) is 0 Å². The molecule has 1 fully saturated rings. The summed E-state index contributed by atoms with van der Waals surface area (Å²) in [5, 5.41) is 2.61.